The molecule has 23 heavy (non-hydrogen) atoms. The number of hydrogen-bond donors (Lipinski definition) is 2. The number of thiocarbonyl (C=S) groups is 1. The Hall–Kier alpha value is -1.71. The Morgan fingerprint density at radius 1 is 0.783 bits per heavy atom. The zero-order valence-corrected chi connectivity index (χ0v) is 17.2. The molecule has 0 heterocycles. The molecule has 0 saturated heterocycles. The third kappa shape index (κ3) is 6.51. The fourth-order valence-corrected chi connectivity index (χ4v) is 2.13. The van der Waals surface area contributed by atoms with E-state index in [1.165, 1.54) is 0 Å². The number of anilines is 2. The molecule has 2 aromatic rings. The van der Waals surface area contributed by atoms with Crippen molar-refractivity contribution in [1.29, 1.82) is 0 Å². The molecule has 0 amide bonds. The standard InChI is InChI=1S/C17H20N2O2S.AsH3/c1-3-20-15-9-5-13(6-10-15)18-17(22)19-14-7-11-16(12-8-14)21-4-2;/h5-12H,3-4H2,1-2H3,(H2,18,19,22);1H3. The quantitative estimate of drug-likeness (QED) is 0.582. The molecule has 0 aliphatic heterocycles. The molecule has 2 N–H and O–H groups in total. The number of hydrogen-bond acceptors (Lipinski definition) is 3. The average Bonchev–Trinajstić information content (AvgIpc) is 2.52. The van der Waals surface area contributed by atoms with Crippen LogP contribution in [-0.4, -0.2) is 36.3 Å². The van der Waals surface area contributed by atoms with Crippen molar-refractivity contribution in [1.82, 2.24) is 0 Å². The average molecular weight is 394 g/mol. The van der Waals surface area contributed by atoms with Gasteiger partial charge in [0, 0.05) is 11.4 Å². The van der Waals surface area contributed by atoms with E-state index in [9.17, 15) is 0 Å². The van der Waals surface area contributed by atoms with Crippen molar-refractivity contribution in [3.63, 3.8) is 0 Å². The fraction of sp³-hybridized carbons (Fsp3) is 0.235. The van der Waals surface area contributed by atoms with Crippen LogP contribution < -0.4 is 20.1 Å². The Morgan fingerprint density at radius 2 is 1.13 bits per heavy atom. The molecule has 0 fully saturated rings. The van der Waals surface area contributed by atoms with Crippen LogP contribution in [0.2, 0.25) is 0 Å². The van der Waals surface area contributed by atoms with E-state index in [4.69, 9.17) is 21.7 Å². The van der Waals surface area contributed by atoms with Gasteiger partial charge in [-0.3, -0.25) is 0 Å². The fourth-order valence-electron chi connectivity index (χ4n) is 1.90. The van der Waals surface area contributed by atoms with Gasteiger partial charge in [0.25, 0.3) is 0 Å². The summed E-state index contributed by atoms with van der Waals surface area (Å²) in [6.07, 6.45) is 0. The SMILES string of the molecule is CCOc1ccc(NC(=S)Nc2ccc(OCC)cc2)cc1.[AsH3]. The van der Waals surface area contributed by atoms with Crippen molar-refractivity contribution in [2.45, 2.75) is 13.8 Å². The van der Waals surface area contributed by atoms with E-state index in [0.29, 0.717) is 18.3 Å². The second kappa shape index (κ2) is 10.1. The summed E-state index contributed by atoms with van der Waals surface area (Å²) in [5.41, 5.74) is 1.82. The molecule has 0 aliphatic rings. The Morgan fingerprint density at radius 3 is 1.43 bits per heavy atom. The Bertz CT molecular complexity index is 549. The van der Waals surface area contributed by atoms with Crippen molar-refractivity contribution in [3.05, 3.63) is 48.5 Å². The predicted octanol–water partition coefficient (Wildman–Crippen LogP) is 3.11. The predicted molar refractivity (Wildman–Crippen MR) is 105 cm³/mol. The van der Waals surface area contributed by atoms with Crippen LogP contribution in [0.5, 0.6) is 11.5 Å². The summed E-state index contributed by atoms with van der Waals surface area (Å²) in [4.78, 5) is 0. The summed E-state index contributed by atoms with van der Waals surface area (Å²) in [6, 6.07) is 15.3. The van der Waals surface area contributed by atoms with Crippen molar-refractivity contribution in [2.24, 2.45) is 0 Å². The van der Waals surface area contributed by atoms with Gasteiger partial charge in [-0.1, -0.05) is 0 Å². The van der Waals surface area contributed by atoms with Gasteiger partial charge in [0.1, 0.15) is 11.5 Å². The summed E-state index contributed by atoms with van der Waals surface area (Å²) in [6.45, 7) is 5.24. The van der Waals surface area contributed by atoms with Gasteiger partial charge >= 0.3 is 18.0 Å². The molecule has 6 heteroatoms. The summed E-state index contributed by atoms with van der Waals surface area (Å²) in [7, 11) is 0. The van der Waals surface area contributed by atoms with E-state index in [0.717, 1.165) is 22.9 Å². The molecule has 0 aromatic heterocycles. The van der Waals surface area contributed by atoms with E-state index >= 15 is 0 Å². The minimum atomic E-state index is 0. The number of ether oxygens (including phenoxy) is 2. The molecule has 124 valence electrons. The first-order valence-corrected chi connectivity index (χ1v) is 7.65. The van der Waals surface area contributed by atoms with Crippen molar-refractivity contribution >= 4 is 46.7 Å². The first-order valence-electron chi connectivity index (χ1n) is 7.25. The van der Waals surface area contributed by atoms with Crippen LogP contribution in [0.4, 0.5) is 11.4 Å². The van der Waals surface area contributed by atoms with Gasteiger partial charge in [-0.25, -0.2) is 0 Å². The molecule has 0 spiro atoms. The monoisotopic (exact) mass is 394 g/mol. The van der Waals surface area contributed by atoms with Crippen molar-refractivity contribution < 1.29 is 9.47 Å². The second-order valence-corrected chi connectivity index (χ2v) is 4.90. The van der Waals surface area contributed by atoms with Crippen LogP contribution in [0.15, 0.2) is 48.5 Å². The molecule has 0 saturated carbocycles. The van der Waals surface area contributed by atoms with Gasteiger partial charge in [0.05, 0.1) is 13.2 Å². The Labute approximate surface area is 153 Å². The van der Waals surface area contributed by atoms with Gasteiger partial charge in [-0.2, -0.15) is 0 Å². The van der Waals surface area contributed by atoms with Gasteiger partial charge < -0.3 is 20.1 Å². The molecule has 1 atom stereocenters. The molecule has 0 bridgehead atoms. The van der Waals surface area contributed by atoms with Crippen LogP contribution in [0, 0.1) is 0 Å². The van der Waals surface area contributed by atoms with Crippen molar-refractivity contribution in [2.75, 3.05) is 23.8 Å². The van der Waals surface area contributed by atoms with Crippen LogP contribution in [-0.2, 0) is 0 Å². The molecule has 2 aromatic carbocycles. The van der Waals surface area contributed by atoms with Crippen LogP contribution in [0.25, 0.3) is 0 Å². The summed E-state index contributed by atoms with van der Waals surface area (Å²) in [5.74, 6) is 1.69. The maximum atomic E-state index is 5.40. The second-order valence-electron chi connectivity index (χ2n) is 4.49. The summed E-state index contributed by atoms with van der Waals surface area (Å²) < 4.78 is 10.8. The van der Waals surface area contributed by atoms with Gasteiger partial charge in [0.2, 0.25) is 0 Å². The van der Waals surface area contributed by atoms with E-state index in [1.54, 1.807) is 0 Å². The van der Waals surface area contributed by atoms with E-state index < -0.39 is 0 Å². The molecule has 0 aliphatic carbocycles. The zero-order chi connectivity index (χ0) is 15.8. The summed E-state index contributed by atoms with van der Waals surface area (Å²) >= 11 is 5.30. The Balaban J connectivity index is 0.00000264. The number of benzene rings is 2. The van der Waals surface area contributed by atoms with Crippen LogP contribution in [0.3, 0.4) is 0 Å². The topological polar surface area (TPSA) is 42.5 Å². The maximum absolute atomic E-state index is 5.40. The van der Waals surface area contributed by atoms with E-state index in [-0.39, 0.29) is 18.0 Å². The molecular weight excluding hydrogens is 371 g/mol. The molecule has 2 rings (SSSR count). The third-order valence-corrected chi connectivity index (χ3v) is 3.05. The molecule has 4 nitrogen and oxygen atoms in total. The van der Waals surface area contributed by atoms with Gasteiger partial charge in [-0.05, 0) is 74.6 Å². The van der Waals surface area contributed by atoms with Crippen molar-refractivity contribution in [3.8, 4) is 11.5 Å². The Kier molecular flexibility index (Phi) is 8.52. The van der Waals surface area contributed by atoms with Gasteiger partial charge in [0.15, 0.2) is 5.11 Å². The minimum absolute atomic E-state index is 0. The first-order chi connectivity index (χ1) is 10.7. The van der Waals surface area contributed by atoms with Crippen LogP contribution in [0.1, 0.15) is 13.8 Å². The zero-order valence-electron chi connectivity index (χ0n) is 13.5. The third-order valence-electron chi connectivity index (χ3n) is 2.85. The van der Waals surface area contributed by atoms with Gasteiger partial charge in [-0.15, -0.1) is 0 Å². The molecule has 0 radical (unpaired) electrons. The van der Waals surface area contributed by atoms with E-state index in [1.807, 2.05) is 62.4 Å². The number of nitrogens with one attached hydrogen (secondary N) is 2. The summed E-state index contributed by atoms with van der Waals surface area (Å²) in [5, 5.41) is 6.80. The first kappa shape index (κ1) is 19.3. The molecule has 1 unspecified atom stereocenters. The van der Waals surface area contributed by atoms with E-state index in [2.05, 4.69) is 10.6 Å². The van der Waals surface area contributed by atoms with Crippen LogP contribution >= 0.6 is 12.2 Å². The molecular formula is C17H23AsN2O2S. The normalized spacial score (nSPS) is 9.48. The number of rotatable bonds is 6.